The molecule has 1 aliphatic rings. The van der Waals surface area contributed by atoms with Crippen molar-refractivity contribution in [3.05, 3.63) is 59.4 Å². The Bertz CT molecular complexity index is 925. The van der Waals surface area contributed by atoms with E-state index in [1.165, 1.54) is 18.1 Å². The molecule has 2 aromatic carbocycles. The molecule has 0 heterocycles. The Labute approximate surface area is 182 Å². The maximum absolute atomic E-state index is 14.9. The maximum Gasteiger partial charge on any atom is 0.131 e. The van der Waals surface area contributed by atoms with Crippen LogP contribution in [-0.4, -0.2) is 21.4 Å². The number of allylic oxidation sites excluding steroid dienone is 2. The van der Waals surface area contributed by atoms with Crippen LogP contribution in [0.4, 0.5) is 4.39 Å². The lowest BCUT2D eigenvalue weighted by atomic mass is 9.71. The summed E-state index contributed by atoms with van der Waals surface area (Å²) in [5.41, 5.74) is 5.11. The number of halogens is 1. The third-order valence-corrected chi connectivity index (χ3v) is 6.80. The Morgan fingerprint density at radius 2 is 1.77 bits per heavy atom. The van der Waals surface area contributed by atoms with Crippen LogP contribution in [0, 0.1) is 11.2 Å². The molecule has 0 amide bonds. The smallest absolute Gasteiger partial charge is 0.131 e. The van der Waals surface area contributed by atoms with Gasteiger partial charge in [-0.25, -0.2) is 4.39 Å². The molecule has 0 fully saturated rings. The van der Waals surface area contributed by atoms with Crippen LogP contribution in [0.1, 0.15) is 44.2 Å². The first-order chi connectivity index (χ1) is 14.1. The predicted octanol–water partition coefficient (Wildman–Crippen LogP) is 7.49. The van der Waals surface area contributed by atoms with E-state index in [1.54, 1.807) is 19.2 Å². The van der Waals surface area contributed by atoms with E-state index in [0.29, 0.717) is 17.9 Å². The molecule has 30 heavy (non-hydrogen) atoms. The van der Waals surface area contributed by atoms with Crippen LogP contribution in [0.15, 0.2) is 42.5 Å². The van der Waals surface area contributed by atoms with Gasteiger partial charge in [0.2, 0.25) is 0 Å². The first-order valence-electron chi connectivity index (χ1n) is 10.9. The molecule has 162 valence electrons. The number of benzene rings is 2. The fourth-order valence-electron chi connectivity index (χ4n) is 4.13. The maximum atomic E-state index is 14.9. The SMILES string of the molecule is COc1ccc(F)c(-c2ccc(COC[Si](C)(C)C)cc2C2=CCCCC2(C)C)c1. The quantitative estimate of drug-likeness (QED) is 0.427. The summed E-state index contributed by atoms with van der Waals surface area (Å²) in [4.78, 5) is 0. The van der Waals surface area contributed by atoms with Gasteiger partial charge in [-0.2, -0.15) is 0 Å². The summed E-state index contributed by atoms with van der Waals surface area (Å²) in [7, 11) is 0.356. The summed E-state index contributed by atoms with van der Waals surface area (Å²) in [5, 5.41) is 0. The molecule has 0 N–H and O–H groups in total. The van der Waals surface area contributed by atoms with Gasteiger partial charge in [0, 0.05) is 11.8 Å². The summed E-state index contributed by atoms with van der Waals surface area (Å²) >= 11 is 0. The van der Waals surface area contributed by atoms with Gasteiger partial charge in [0.05, 0.1) is 21.8 Å². The summed E-state index contributed by atoms with van der Waals surface area (Å²) in [6.07, 6.45) is 6.57. The fourth-order valence-corrected chi connectivity index (χ4v) is 4.84. The van der Waals surface area contributed by atoms with Gasteiger partial charge in [-0.1, -0.05) is 51.7 Å². The van der Waals surface area contributed by atoms with Gasteiger partial charge < -0.3 is 9.47 Å². The molecule has 0 radical (unpaired) electrons. The van der Waals surface area contributed by atoms with Crippen molar-refractivity contribution in [1.82, 2.24) is 0 Å². The molecule has 0 bridgehead atoms. The molecule has 1 aliphatic carbocycles. The topological polar surface area (TPSA) is 18.5 Å². The van der Waals surface area contributed by atoms with E-state index in [2.05, 4.69) is 51.7 Å². The van der Waals surface area contributed by atoms with Crippen LogP contribution in [0.5, 0.6) is 5.75 Å². The van der Waals surface area contributed by atoms with Gasteiger partial charge in [0.1, 0.15) is 11.6 Å². The van der Waals surface area contributed by atoms with E-state index in [-0.39, 0.29) is 11.2 Å². The molecule has 4 heteroatoms. The molecule has 0 saturated carbocycles. The monoisotopic (exact) mass is 426 g/mol. The van der Waals surface area contributed by atoms with Crippen molar-refractivity contribution in [2.75, 3.05) is 13.3 Å². The molecule has 3 rings (SSSR count). The van der Waals surface area contributed by atoms with Crippen molar-refractivity contribution in [1.29, 1.82) is 0 Å². The molecule has 2 aromatic rings. The number of methoxy groups -OCH3 is 1. The van der Waals surface area contributed by atoms with Crippen molar-refractivity contribution >= 4 is 13.6 Å². The lowest BCUT2D eigenvalue weighted by molar-refractivity contribution is 0.159. The third-order valence-electron chi connectivity index (χ3n) is 5.73. The fraction of sp³-hybridized carbons (Fsp3) is 0.462. The summed E-state index contributed by atoms with van der Waals surface area (Å²) in [6.45, 7) is 12.1. The lowest BCUT2D eigenvalue weighted by Crippen LogP contribution is -2.28. The second kappa shape index (κ2) is 9.07. The predicted molar refractivity (Wildman–Crippen MR) is 127 cm³/mol. The Balaban J connectivity index is 2.07. The Morgan fingerprint density at radius 3 is 2.43 bits per heavy atom. The highest BCUT2D eigenvalue weighted by atomic mass is 28.3. The van der Waals surface area contributed by atoms with Gasteiger partial charge >= 0.3 is 0 Å². The Kier molecular flexibility index (Phi) is 6.88. The minimum Gasteiger partial charge on any atom is -0.497 e. The molecule has 0 spiro atoms. The van der Waals surface area contributed by atoms with E-state index in [1.807, 2.05) is 6.07 Å². The molecular formula is C26H35FO2Si. The number of ether oxygens (including phenoxy) is 2. The van der Waals surface area contributed by atoms with E-state index < -0.39 is 8.07 Å². The van der Waals surface area contributed by atoms with E-state index >= 15 is 0 Å². The van der Waals surface area contributed by atoms with Crippen molar-refractivity contribution in [2.24, 2.45) is 5.41 Å². The molecule has 0 aliphatic heterocycles. The highest BCUT2D eigenvalue weighted by Crippen LogP contribution is 2.46. The van der Waals surface area contributed by atoms with Gasteiger partial charge in [-0.15, -0.1) is 0 Å². The molecule has 2 nitrogen and oxygen atoms in total. The van der Waals surface area contributed by atoms with Crippen molar-refractivity contribution in [2.45, 2.75) is 59.4 Å². The van der Waals surface area contributed by atoms with E-state index in [4.69, 9.17) is 9.47 Å². The zero-order valence-electron chi connectivity index (χ0n) is 19.3. The zero-order valence-corrected chi connectivity index (χ0v) is 20.3. The zero-order chi connectivity index (χ0) is 21.9. The van der Waals surface area contributed by atoms with Crippen LogP contribution >= 0.6 is 0 Å². The average molecular weight is 427 g/mol. The molecule has 0 aromatic heterocycles. The number of hydrogen-bond acceptors (Lipinski definition) is 2. The number of hydrogen-bond donors (Lipinski definition) is 0. The normalized spacial score (nSPS) is 16.3. The van der Waals surface area contributed by atoms with Crippen LogP contribution in [0.3, 0.4) is 0 Å². The molecular weight excluding hydrogens is 391 g/mol. The summed E-state index contributed by atoms with van der Waals surface area (Å²) in [6, 6.07) is 11.3. The second-order valence-electron chi connectivity index (χ2n) is 10.2. The summed E-state index contributed by atoms with van der Waals surface area (Å²) in [5.74, 6) is 0.436. The van der Waals surface area contributed by atoms with Crippen LogP contribution in [0.2, 0.25) is 19.6 Å². The lowest BCUT2D eigenvalue weighted by Gasteiger charge is -2.33. The van der Waals surface area contributed by atoms with Gasteiger partial charge in [-0.05, 0) is 71.2 Å². The van der Waals surface area contributed by atoms with Gasteiger partial charge in [-0.3, -0.25) is 0 Å². The van der Waals surface area contributed by atoms with Crippen LogP contribution in [-0.2, 0) is 11.3 Å². The second-order valence-corrected chi connectivity index (χ2v) is 15.6. The van der Waals surface area contributed by atoms with Gasteiger partial charge in [0.25, 0.3) is 0 Å². The van der Waals surface area contributed by atoms with Crippen molar-refractivity contribution < 1.29 is 13.9 Å². The van der Waals surface area contributed by atoms with E-state index in [9.17, 15) is 4.39 Å². The minimum absolute atomic E-state index is 0.0557. The number of rotatable bonds is 7. The van der Waals surface area contributed by atoms with Gasteiger partial charge in [0.15, 0.2) is 0 Å². The average Bonchev–Trinajstić information content (AvgIpc) is 2.67. The first-order valence-corrected chi connectivity index (χ1v) is 14.6. The standard InChI is InChI=1S/C26H35FO2Si/c1-26(2)14-8-7-9-24(26)22-15-19(17-29-18-30(4,5)6)10-12-21(22)23-16-20(28-3)11-13-25(23)27/h9-13,15-16H,7-8,14,17-18H2,1-6H3. The third kappa shape index (κ3) is 5.41. The molecule has 0 atom stereocenters. The molecule has 0 unspecified atom stereocenters. The van der Waals surface area contributed by atoms with Crippen LogP contribution < -0.4 is 4.74 Å². The highest BCUT2D eigenvalue weighted by molar-refractivity contribution is 6.76. The van der Waals surface area contributed by atoms with E-state index in [0.717, 1.165) is 35.8 Å². The largest absolute Gasteiger partial charge is 0.497 e. The van der Waals surface area contributed by atoms with Crippen molar-refractivity contribution in [3.8, 4) is 16.9 Å². The summed E-state index contributed by atoms with van der Waals surface area (Å²) < 4.78 is 26.3. The highest BCUT2D eigenvalue weighted by Gasteiger charge is 2.29. The first kappa shape index (κ1) is 22.8. The van der Waals surface area contributed by atoms with Crippen LogP contribution in [0.25, 0.3) is 16.7 Å². The van der Waals surface area contributed by atoms with Crippen molar-refractivity contribution in [3.63, 3.8) is 0 Å². The Morgan fingerprint density at radius 1 is 1.00 bits per heavy atom. The minimum atomic E-state index is -1.26. The Hall–Kier alpha value is -1.91. The molecule has 0 saturated heterocycles.